The molecule has 0 aliphatic heterocycles. The Balaban J connectivity index is 1.31. The first-order chi connectivity index (χ1) is 30.1. The van der Waals surface area contributed by atoms with Gasteiger partial charge in [-0.05, 0) is 126 Å². The van der Waals surface area contributed by atoms with Crippen LogP contribution in [-0.2, 0) is 5.41 Å². The van der Waals surface area contributed by atoms with Crippen LogP contribution in [0, 0.1) is 20.8 Å². The van der Waals surface area contributed by atoms with E-state index in [1.165, 1.54) is 66.0 Å². The van der Waals surface area contributed by atoms with Crippen LogP contribution in [0.4, 0.5) is 34.1 Å². The average Bonchev–Trinajstić information content (AvgIpc) is 3.59. The Morgan fingerprint density at radius 2 is 0.790 bits per heavy atom. The van der Waals surface area contributed by atoms with E-state index in [-0.39, 0.29) is 0 Å². The maximum Gasteiger partial charge on any atom is 0.0775 e. The monoisotopic (exact) mass is 816 g/mol. The van der Waals surface area contributed by atoms with Crippen LogP contribution in [0.5, 0.6) is 0 Å². The van der Waals surface area contributed by atoms with E-state index in [2.05, 4.69) is 256 Å². The number of hydrogen-bond acceptors (Lipinski definition) is 2. The topological polar surface area (TPSA) is 6.48 Å². The third-order valence-electron chi connectivity index (χ3n) is 12.9. The van der Waals surface area contributed by atoms with Crippen LogP contribution in [0.3, 0.4) is 0 Å². The molecule has 0 N–H and O–H groups in total. The van der Waals surface area contributed by atoms with Gasteiger partial charge in [0.15, 0.2) is 0 Å². The van der Waals surface area contributed by atoms with E-state index < -0.39 is 13.5 Å². The minimum atomic E-state index is -1.53. The van der Waals surface area contributed by atoms with Gasteiger partial charge in [-0.2, -0.15) is 0 Å². The molecule has 0 saturated heterocycles. The molecule has 0 spiro atoms. The fraction of sp³-hybridized carbons (Fsp3) is 0.119. The molecule has 0 fully saturated rings. The fourth-order valence-electron chi connectivity index (χ4n) is 9.70. The molecule has 3 heteroatoms. The van der Waals surface area contributed by atoms with E-state index in [9.17, 15) is 0 Å². The van der Waals surface area contributed by atoms with E-state index in [0.717, 1.165) is 34.1 Å². The van der Waals surface area contributed by atoms with Gasteiger partial charge in [-0.15, -0.1) is 0 Å². The summed E-state index contributed by atoms with van der Waals surface area (Å²) in [4.78, 5) is 4.90. The van der Waals surface area contributed by atoms with Crippen molar-refractivity contribution in [3.05, 3.63) is 245 Å². The number of anilines is 6. The SMILES string of the molecule is Cc1ccc(N(c2ccc(C)cc2)c2ccc3c(c2)C(c2ccccc2)(c2ccccc2)c2cc(N(c4ccc(C)cc4)c4ccc([Si](C)(C)C)cc4)c4ccccc4c2-3)cc1. The lowest BCUT2D eigenvalue weighted by atomic mass is 9.67. The first-order valence-corrected chi connectivity index (χ1v) is 25.3. The van der Waals surface area contributed by atoms with Gasteiger partial charge in [-0.3, -0.25) is 0 Å². The molecule has 0 saturated carbocycles. The molecule has 2 nitrogen and oxygen atoms in total. The third-order valence-corrected chi connectivity index (χ3v) is 14.9. The molecule has 1 aliphatic carbocycles. The van der Waals surface area contributed by atoms with Crippen LogP contribution >= 0.6 is 0 Å². The van der Waals surface area contributed by atoms with Crippen molar-refractivity contribution in [3.63, 3.8) is 0 Å². The number of benzene rings is 9. The second-order valence-corrected chi connectivity index (χ2v) is 23.1. The van der Waals surface area contributed by atoms with Gasteiger partial charge < -0.3 is 9.80 Å². The van der Waals surface area contributed by atoms with E-state index in [1.807, 2.05) is 0 Å². The number of rotatable bonds is 9. The van der Waals surface area contributed by atoms with Gasteiger partial charge in [0.2, 0.25) is 0 Å². The van der Waals surface area contributed by atoms with E-state index in [4.69, 9.17) is 0 Å². The van der Waals surface area contributed by atoms with Crippen molar-refractivity contribution in [1.82, 2.24) is 0 Å². The fourth-order valence-corrected chi connectivity index (χ4v) is 10.9. The van der Waals surface area contributed by atoms with Crippen molar-refractivity contribution in [3.8, 4) is 11.1 Å². The molecule has 302 valence electrons. The summed E-state index contributed by atoms with van der Waals surface area (Å²) >= 11 is 0. The standard InChI is InChI=1S/C59H52N2Si/c1-41-21-27-46(28-22-41)60(47-29-23-42(2)24-30-47)50-35-38-54-55(39-50)59(44-15-9-7-10-16-44,45-17-11-8-12-18-45)56-40-57(52-19-13-14-20-53(52)58(54)56)61(48-31-25-43(3)26-32-48)49-33-36-51(37-34-49)62(4,5)6/h7-40H,1-6H3. The van der Waals surface area contributed by atoms with Crippen molar-refractivity contribution in [2.24, 2.45) is 0 Å². The molecule has 0 atom stereocenters. The zero-order valence-electron chi connectivity index (χ0n) is 36.5. The quantitative estimate of drug-likeness (QED) is 0.134. The van der Waals surface area contributed by atoms with Gasteiger partial charge >= 0.3 is 0 Å². The first-order valence-electron chi connectivity index (χ1n) is 21.8. The molecule has 62 heavy (non-hydrogen) atoms. The summed E-state index contributed by atoms with van der Waals surface area (Å²) in [5.41, 5.74) is 17.5. The second-order valence-electron chi connectivity index (χ2n) is 18.1. The number of nitrogens with zero attached hydrogens (tertiary/aromatic N) is 2. The van der Waals surface area contributed by atoms with Gasteiger partial charge in [-0.1, -0.05) is 181 Å². The number of fused-ring (bicyclic) bond motifs is 5. The lowest BCUT2D eigenvalue weighted by molar-refractivity contribution is 0.769. The predicted octanol–water partition coefficient (Wildman–Crippen LogP) is 15.6. The first kappa shape index (κ1) is 39.2. The summed E-state index contributed by atoms with van der Waals surface area (Å²) in [7, 11) is -1.53. The highest BCUT2D eigenvalue weighted by molar-refractivity contribution is 6.88. The highest BCUT2D eigenvalue weighted by Gasteiger charge is 2.48. The van der Waals surface area contributed by atoms with Crippen molar-refractivity contribution in [2.45, 2.75) is 45.8 Å². The Kier molecular flexibility index (Phi) is 9.81. The summed E-state index contributed by atoms with van der Waals surface area (Å²) in [6.07, 6.45) is 0. The summed E-state index contributed by atoms with van der Waals surface area (Å²) in [6.45, 7) is 13.7. The Bertz CT molecular complexity index is 2950. The van der Waals surface area contributed by atoms with Crippen LogP contribution in [0.1, 0.15) is 38.9 Å². The van der Waals surface area contributed by atoms with Gasteiger partial charge in [0, 0.05) is 33.8 Å². The normalized spacial score (nSPS) is 12.8. The van der Waals surface area contributed by atoms with Gasteiger partial charge in [-0.25, -0.2) is 0 Å². The molecule has 0 bridgehead atoms. The molecule has 1 aliphatic rings. The molecule has 0 radical (unpaired) electrons. The maximum atomic E-state index is 2.53. The van der Waals surface area contributed by atoms with Crippen LogP contribution in [0.15, 0.2) is 206 Å². The van der Waals surface area contributed by atoms with Crippen molar-refractivity contribution >= 4 is 58.2 Å². The summed E-state index contributed by atoms with van der Waals surface area (Å²) < 4.78 is 0. The van der Waals surface area contributed by atoms with E-state index >= 15 is 0 Å². The molecule has 0 aromatic heterocycles. The zero-order chi connectivity index (χ0) is 42.6. The zero-order valence-corrected chi connectivity index (χ0v) is 37.5. The summed E-state index contributed by atoms with van der Waals surface area (Å²) in [6, 6.07) is 77.5. The molecule has 0 amide bonds. The van der Waals surface area contributed by atoms with Crippen LogP contribution < -0.4 is 15.0 Å². The maximum absolute atomic E-state index is 2.53. The Hall–Kier alpha value is -6.94. The molecule has 0 unspecified atom stereocenters. The lowest BCUT2D eigenvalue weighted by Gasteiger charge is -2.36. The van der Waals surface area contributed by atoms with Crippen molar-refractivity contribution < 1.29 is 0 Å². The smallest absolute Gasteiger partial charge is 0.0775 e. The Morgan fingerprint density at radius 3 is 1.27 bits per heavy atom. The molecule has 10 rings (SSSR count). The Labute approximate surface area is 368 Å². The van der Waals surface area contributed by atoms with Gasteiger partial charge in [0.05, 0.1) is 19.2 Å². The summed E-state index contributed by atoms with van der Waals surface area (Å²) in [5, 5.41) is 3.91. The molecular weight excluding hydrogens is 765 g/mol. The largest absolute Gasteiger partial charge is 0.310 e. The lowest BCUT2D eigenvalue weighted by Crippen LogP contribution is -2.37. The highest BCUT2D eigenvalue weighted by atomic mass is 28.3. The third kappa shape index (κ3) is 6.65. The van der Waals surface area contributed by atoms with E-state index in [0.29, 0.717) is 0 Å². The average molecular weight is 817 g/mol. The van der Waals surface area contributed by atoms with Gasteiger partial charge in [0.1, 0.15) is 0 Å². The number of hydrogen-bond donors (Lipinski definition) is 0. The van der Waals surface area contributed by atoms with Gasteiger partial charge in [0.25, 0.3) is 0 Å². The highest BCUT2D eigenvalue weighted by Crippen LogP contribution is 2.60. The number of aryl methyl sites for hydroxylation is 3. The van der Waals surface area contributed by atoms with Crippen molar-refractivity contribution in [1.29, 1.82) is 0 Å². The van der Waals surface area contributed by atoms with Crippen LogP contribution in [-0.4, -0.2) is 8.07 Å². The molecule has 9 aromatic carbocycles. The molecule has 9 aromatic rings. The van der Waals surface area contributed by atoms with Crippen molar-refractivity contribution in [2.75, 3.05) is 9.80 Å². The second kappa shape index (κ2) is 15.5. The minimum absolute atomic E-state index is 0.644. The predicted molar refractivity (Wildman–Crippen MR) is 268 cm³/mol. The molecule has 0 heterocycles. The molecular formula is C59H52N2Si. The van der Waals surface area contributed by atoms with E-state index in [1.54, 1.807) is 0 Å². The minimum Gasteiger partial charge on any atom is -0.310 e. The van der Waals surface area contributed by atoms with Crippen LogP contribution in [0.25, 0.3) is 21.9 Å². The van der Waals surface area contributed by atoms with Crippen LogP contribution in [0.2, 0.25) is 19.6 Å². The summed E-state index contributed by atoms with van der Waals surface area (Å²) in [5.74, 6) is 0. The Morgan fingerprint density at radius 1 is 0.371 bits per heavy atom.